The highest BCUT2D eigenvalue weighted by Crippen LogP contribution is 1.97. The van der Waals surface area contributed by atoms with Crippen LogP contribution in [0.3, 0.4) is 0 Å². The van der Waals surface area contributed by atoms with Crippen LogP contribution >= 0.6 is 0 Å². The topological polar surface area (TPSA) is 71.8 Å². The number of hydrogen-bond donors (Lipinski definition) is 4. The predicted octanol–water partition coefficient (Wildman–Crippen LogP) is 1.34. The number of nitrogens with one attached hydrogen (secondary N) is 4. The molecule has 4 N–H and O–H groups in total. The van der Waals surface area contributed by atoms with E-state index in [4.69, 9.17) is 17.7 Å². The molecule has 0 fully saturated rings. The minimum atomic E-state index is -1.01. The normalized spacial score (nSPS) is 16.2. The van der Waals surface area contributed by atoms with Gasteiger partial charge in [-0.2, -0.15) is 0 Å². The molecule has 4 heteroatoms. The average Bonchev–Trinajstić information content (AvgIpc) is 2.33. The van der Waals surface area contributed by atoms with Gasteiger partial charge in [0.15, 0.2) is 5.96 Å². The molecule has 4 nitrogen and oxygen atoms in total. The summed E-state index contributed by atoms with van der Waals surface area (Å²) in [4.78, 5) is 0. The molecule has 0 spiro atoms. The summed E-state index contributed by atoms with van der Waals surface area (Å²) in [6, 6.07) is 0.199. The molecule has 1 atom stereocenters. The number of amidine groups is 1. The summed E-state index contributed by atoms with van der Waals surface area (Å²) >= 11 is 0. The molecular formula is C11H16N4. The molecule has 1 aromatic carbocycles. The van der Waals surface area contributed by atoms with Crippen LogP contribution < -0.4 is 10.6 Å². The predicted molar refractivity (Wildman–Crippen MR) is 62.4 cm³/mol. The zero-order valence-corrected chi connectivity index (χ0v) is 8.36. The van der Waals surface area contributed by atoms with Crippen LogP contribution in [0.4, 0.5) is 0 Å². The van der Waals surface area contributed by atoms with Gasteiger partial charge in [0.25, 0.3) is 0 Å². The number of benzene rings is 1. The molecule has 0 saturated carbocycles. The fraction of sp³-hybridized carbons (Fsp3) is 0.273. The molecule has 0 bridgehead atoms. The van der Waals surface area contributed by atoms with Gasteiger partial charge in [0.05, 0.1) is 11.3 Å². The van der Waals surface area contributed by atoms with E-state index < -0.39 is 6.40 Å². The highest BCUT2D eigenvalue weighted by Gasteiger charge is 1.95. The van der Waals surface area contributed by atoms with Gasteiger partial charge in [0.2, 0.25) is 0 Å². The summed E-state index contributed by atoms with van der Waals surface area (Å²) in [5.74, 6) is -0.0607. The Morgan fingerprint density at radius 3 is 3.00 bits per heavy atom. The second-order valence-corrected chi connectivity index (χ2v) is 2.81. The Morgan fingerprint density at radius 2 is 2.27 bits per heavy atom. The molecule has 0 aliphatic heterocycles. The van der Waals surface area contributed by atoms with Crippen LogP contribution in [-0.4, -0.2) is 18.3 Å². The van der Waals surface area contributed by atoms with Gasteiger partial charge in [-0.05, 0) is 18.9 Å². The first-order chi connectivity index (χ1) is 9.23. The minimum absolute atomic E-state index is 0.0341. The smallest absolute Gasteiger partial charge is 0.193 e. The van der Waals surface area contributed by atoms with Crippen molar-refractivity contribution in [2.24, 2.45) is 0 Å². The molecule has 15 heavy (non-hydrogen) atoms. The summed E-state index contributed by atoms with van der Waals surface area (Å²) in [7, 11) is 0. The van der Waals surface area contributed by atoms with Gasteiger partial charge in [0.1, 0.15) is 0 Å². The summed E-state index contributed by atoms with van der Waals surface area (Å²) in [6.07, 6.45) is -1.01. The van der Waals surface area contributed by atoms with Gasteiger partial charge < -0.3 is 10.6 Å². The maximum absolute atomic E-state index is 7.91. The van der Waals surface area contributed by atoms with Crippen molar-refractivity contribution in [1.82, 2.24) is 10.6 Å². The van der Waals surface area contributed by atoms with Crippen molar-refractivity contribution >= 4 is 11.8 Å². The van der Waals surface area contributed by atoms with Gasteiger partial charge >= 0.3 is 0 Å². The molecule has 0 amide bonds. The van der Waals surface area contributed by atoms with E-state index in [-0.39, 0.29) is 48.1 Å². The van der Waals surface area contributed by atoms with Gasteiger partial charge in [-0.15, -0.1) is 0 Å². The maximum Gasteiger partial charge on any atom is 0.193 e. The summed E-state index contributed by atoms with van der Waals surface area (Å²) < 4.78 is 38.3. The average molecular weight is 209 g/mol. The number of rotatable bonds is 3. The van der Waals surface area contributed by atoms with E-state index in [2.05, 4.69) is 10.6 Å². The maximum atomic E-state index is 7.91. The standard InChI is InChI=1S/C11H16N4/c1-9(12)15-11(13)14-8-7-10-5-3-2-4-6-10/h2-6H,7-8H2,1H3,(H4,12,13,14,15)/i2D,3D,5D,6D,7D. The van der Waals surface area contributed by atoms with Crippen molar-refractivity contribution in [3.8, 4) is 0 Å². The monoisotopic (exact) mass is 209 g/mol. The van der Waals surface area contributed by atoms with E-state index in [1.165, 1.54) is 6.92 Å². The Kier molecular flexibility index (Phi) is 2.28. The van der Waals surface area contributed by atoms with Crippen LogP contribution in [-0.2, 0) is 6.40 Å². The van der Waals surface area contributed by atoms with Crippen molar-refractivity contribution in [3.63, 3.8) is 0 Å². The molecule has 1 unspecified atom stereocenters. The Labute approximate surface area is 96.8 Å². The SMILES string of the molecule is [2H]c1cc([2H])c(C([2H])CNC(=N)NC(C)=N)c([2H])c1[2H]. The zero-order chi connectivity index (χ0) is 15.4. The number of guanidine groups is 1. The lowest BCUT2D eigenvalue weighted by molar-refractivity contribution is 0.842. The van der Waals surface area contributed by atoms with Crippen LogP contribution in [0.15, 0.2) is 30.2 Å². The second kappa shape index (κ2) is 5.80. The van der Waals surface area contributed by atoms with E-state index in [0.29, 0.717) is 0 Å². The molecule has 0 aliphatic carbocycles. The van der Waals surface area contributed by atoms with Gasteiger partial charge in [-0.25, -0.2) is 0 Å². The highest BCUT2D eigenvalue weighted by atomic mass is 15.1. The quantitative estimate of drug-likeness (QED) is 0.448. The van der Waals surface area contributed by atoms with Gasteiger partial charge in [-0.3, -0.25) is 10.8 Å². The lowest BCUT2D eigenvalue weighted by Gasteiger charge is -2.08. The van der Waals surface area contributed by atoms with Crippen LogP contribution in [0.5, 0.6) is 0 Å². The summed E-state index contributed by atoms with van der Waals surface area (Å²) in [5, 5.41) is 19.6. The summed E-state index contributed by atoms with van der Waals surface area (Å²) in [6.45, 7) is 1.44. The van der Waals surface area contributed by atoms with Gasteiger partial charge in [0, 0.05) is 7.92 Å². The molecular weight excluding hydrogens is 188 g/mol. The van der Waals surface area contributed by atoms with E-state index in [1.54, 1.807) is 0 Å². The van der Waals surface area contributed by atoms with E-state index >= 15 is 0 Å². The third-order valence-corrected chi connectivity index (χ3v) is 1.47. The molecule has 80 valence electrons. The third kappa shape index (κ3) is 4.81. The second-order valence-electron chi connectivity index (χ2n) is 2.81. The van der Waals surface area contributed by atoms with Crippen molar-refractivity contribution < 1.29 is 6.85 Å². The zero-order valence-electron chi connectivity index (χ0n) is 13.4. The molecule has 1 aromatic rings. The first kappa shape index (κ1) is 5.90. The Morgan fingerprint density at radius 1 is 1.47 bits per heavy atom. The van der Waals surface area contributed by atoms with Crippen molar-refractivity contribution in [1.29, 1.82) is 10.8 Å². The lowest BCUT2D eigenvalue weighted by Crippen LogP contribution is -2.39. The Balaban J connectivity index is 2.83. The minimum Gasteiger partial charge on any atom is -0.356 e. The van der Waals surface area contributed by atoms with Crippen LogP contribution in [0.1, 0.15) is 19.3 Å². The van der Waals surface area contributed by atoms with Crippen molar-refractivity contribution in [3.05, 3.63) is 35.8 Å². The molecule has 0 saturated heterocycles. The largest absolute Gasteiger partial charge is 0.356 e. The molecule has 0 radical (unpaired) electrons. The molecule has 0 aromatic heterocycles. The van der Waals surface area contributed by atoms with Crippen molar-refractivity contribution in [2.75, 3.05) is 6.54 Å². The van der Waals surface area contributed by atoms with Crippen LogP contribution in [0, 0.1) is 10.8 Å². The number of hydrogen-bond acceptors (Lipinski definition) is 2. The van der Waals surface area contributed by atoms with Crippen LogP contribution in [0.25, 0.3) is 0 Å². The lowest BCUT2D eigenvalue weighted by atomic mass is 10.1. The van der Waals surface area contributed by atoms with E-state index in [9.17, 15) is 0 Å². The highest BCUT2D eigenvalue weighted by molar-refractivity contribution is 5.95. The first-order valence-electron chi connectivity index (χ1n) is 6.96. The summed E-state index contributed by atoms with van der Waals surface area (Å²) in [5.41, 5.74) is 0.0536. The fourth-order valence-electron chi connectivity index (χ4n) is 0.886. The Bertz CT molecular complexity index is 546. The molecule has 0 aliphatic rings. The van der Waals surface area contributed by atoms with E-state index in [0.717, 1.165) is 6.07 Å². The Hall–Kier alpha value is -1.84. The fourth-order valence-corrected chi connectivity index (χ4v) is 0.886. The van der Waals surface area contributed by atoms with Crippen LogP contribution in [0.2, 0.25) is 0 Å². The molecule has 0 heterocycles. The molecule has 1 rings (SSSR count). The first-order valence-corrected chi connectivity index (χ1v) is 4.38. The third-order valence-electron chi connectivity index (χ3n) is 1.47. The van der Waals surface area contributed by atoms with Crippen molar-refractivity contribution in [2.45, 2.75) is 13.3 Å². The van der Waals surface area contributed by atoms with E-state index in [1.807, 2.05) is 0 Å². The van der Waals surface area contributed by atoms with Gasteiger partial charge in [-0.1, -0.05) is 30.2 Å².